The van der Waals surface area contributed by atoms with E-state index < -0.39 is 29.4 Å². The first-order valence-electron chi connectivity index (χ1n) is 12.9. The second-order valence-electron chi connectivity index (χ2n) is 10.1. The highest BCUT2D eigenvalue weighted by atomic mass is 19.4. The van der Waals surface area contributed by atoms with Gasteiger partial charge < -0.3 is 24.8 Å². The molecule has 1 fully saturated rings. The summed E-state index contributed by atoms with van der Waals surface area (Å²) in [5.74, 6) is -1.02. The van der Waals surface area contributed by atoms with Crippen LogP contribution < -0.4 is 10.1 Å². The van der Waals surface area contributed by atoms with Crippen LogP contribution in [0, 0.1) is 5.41 Å². The van der Waals surface area contributed by atoms with E-state index in [1.807, 2.05) is 0 Å². The number of hydrogen-bond donors (Lipinski definition) is 3. The molecule has 216 valence electrons. The second kappa shape index (κ2) is 11.3. The van der Waals surface area contributed by atoms with Gasteiger partial charge in [-0.3, -0.25) is 4.79 Å². The van der Waals surface area contributed by atoms with Crippen LogP contribution >= 0.6 is 0 Å². The summed E-state index contributed by atoms with van der Waals surface area (Å²) in [6.07, 6.45) is -2.94. The number of para-hydroxylation sites is 2. The molecule has 0 saturated carbocycles. The van der Waals surface area contributed by atoms with Crippen LogP contribution in [0.1, 0.15) is 43.0 Å². The number of alkyl halides is 3. The average Bonchev–Trinajstić information content (AvgIpc) is 3.61. The number of benzene rings is 2. The van der Waals surface area contributed by atoms with Crippen molar-refractivity contribution in [1.29, 1.82) is 0 Å². The quantitative estimate of drug-likeness (QED) is 0.257. The first-order chi connectivity index (χ1) is 19.6. The Bertz CT molecular complexity index is 1510. The maximum absolute atomic E-state index is 14.2. The lowest BCUT2D eigenvalue weighted by atomic mass is 9.73. The molecule has 0 bridgehead atoms. The topological polar surface area (TPSA) is 136 Å². The number of piperidine rings is 1. The Morgan fingerprint density at radius 2 is 1.98 bits per heavy atom. The molecule has 0 amide bonds. The van der Waals surface area contributed by atoms with Crippen molar-refractivity contribution in [1.82, 2.24) is 25.2 Å². The number of aliphatic hydroxyl groups excluding tert-OH is 1. The fourth-order valence-corrected chi connectivity index (χ4v) is 5.35. The number of aliphatic hydroxyl groups is 1. The number of carboxylic acid groups (broad SMARTS) is 1. The highest BCUT2D eigenvalue weighted by Crippen LogP contribution is 2.41. The summed E-state index contributed by atoms with van der Waals surface area (Å²) in [4.78, 5) is 15.7. The number of carbonyl (C=O) groups is 1. The zero-order valence-corrected chi connectivity index (χ0v) is 22.1. The monoisotopic (exact) mass is 571 g/mol. The molecule has 0 unspecified atom stereocenters. The lowest BCUT2D eigenvalue weighted by Gasteiger charge is -2.38. The zero-order valence-electron chi connectivity index (χ0n) is 22.1. The molecule has 1 saturated heterocycles. The Labute approximate surface area is 232 Å². The van der Waals surface area contributed by atoms with Crippen LogP contribution in [0.4, 0.5) is 13.2 Å². The van der Waals surface area contributed by atoms with Gasteiger partial charge in [-0.15, -0.1) is 0 Å². The maximum Gasteiger partial charge on any atom is 0.434 e. The van der Waals surface area contributed by atoms with E-state index >= 15 is 0 Å². The van der Waals surface area contributed by atoms with Crippen LogP contribution in [0.5, 0.6) is 5.75 Å². The minimum absolute atomic E-state index is 0.0473. The van der Waals surface area contributed by atoms with Gasteiger partial charge in [0.1, 0.15) is 11.4 Å². The van der Waals surface area contributed by atoms with Gasteiger partial charge in [0.05, 0.1) is 31.4 Å². The Balaban J connectivity index is 1.39. The third kappa shape index (κ3) is 5.95. The Kier molecular flexibility index (Phi) is 7.82. The van der Waals surface area contributed by atoms with Crippen molar-refractivity contribution in [3.63, 3.8) is 0 Å². The average molecular weight is 572 g/mol. The molecule has 1 aliphatic rings. The molecule has 0 aliphatic carbocycles. The molecule has 0 spiro atoms. The lowest BCUT2D eigenvalue weighted by molar-refractivity contribution is -0.142. The molecule has 0 radical (unpaired) electrons. The molecule has 2 aromatic heterocycles. The zero-order chi connectivity index (χ0) is 29.2. The van der Waals surface area contributed by atoms with Crippen LogP contribution in [-0.2, 0) is 11.0 Å². The van der Waals surface area contributed by atoms with E-state index in [9.17, 15) is 28.2 Å². The highest BCUT2D eigenvalue weighted by Gasteiger charge is 2.41. The van der Waals surface area contributed by atoms with Gasteiger partial charge in [-0.2, -0.15) is 23.3 Å². The van der Waals surface area contributed by atoms with Crippen molar-refractivity contribution in [2.45, 2.75) is 38.0 Å². The molecule has 4 aromatic rings. The van der Waals surface area contributed by atoms with Gasteiger partial charge in [0, 0.05) is 12.1 Å². The number of ether oxygens (including phenoxy) is 1. The van der Waals surface area contributed by atoms with Crippen LogP contribution in [-0.4, -0.2) is 56.3 Å². The number of nitrogens with one attached hydrogen (secondary N) is 1. The Morgan fingerprint density at radius 1 is 1.22 bits per heavy atom. The largest absolute Gasteiger partial charge is 0.494 e. The summed E-state index contributed by atoms with van der Waals surface area (Å²) in [6, 6.07) is 12.7. The SMILES string of the molecule is COc1ccccc1-n1ncc(-c2nc(-c3ccc([C@@H](O)C[C@@]4(CC(=O)O)CCCNC4)cc3)no2)c1C(F)(F)F. The minimum Gasteiger partial charge on any atom is -0.494 e. The summed E-state index contributed by atoms with van der Waals surface area (Å²) in [7, 11) is 1.35. The molecule has 2 aromatic carbocycles. The predicted octanol–water partition coefficient (Wildman–Crippen LogP) is 4.88. The lowest BCUT2D eigenvalue weighted by Crippen LogP contribution is -2.42. The summed E-state index contributed by atoms with van der Waals surface area (Å²) in [6.45, 7) is 1.32. The van der Waals surface area contributed by atoms with E-state index in [1.54, 1.807) is 36.4 Å². The first-order valence-corrected chi connectivity index (χ1v) is 12.9. The molecular weight excluding hydrogens is 543 g/mol. The first kappa shape index (κ1) is 28.3. The summed E-state index contributed by atoms with van der Waals surface area (Å²) >= 11 is 0. The standard InChI is InChI=1S/C28H28F3N5O5/c1-40-22-6-3-2-5-20(22)36-24(28(29,30)31)19(15-33-36)26-34-25(35-41-26)18-9-7-17(8-10-18)21(37)13-27(14-23(38)39)11-4-12-32-16-27/h2-3,5-10,15,21,32,37H,4,11-14,16H2,1H3,(H,38,39)/t21-,27+/m0/s1. The highest BCUT2D eigenvalue weighted by molar-refractivity contribution is 5.68. The summed E-state index contributed by atoms with van der Waals surface area (Å²) in [5, 5.41) is 31.3. The van der Waals surface area contributed by atoms with Crippen molar-refractivity contribution in [2.24, 2.45) is 5.41 Å². The molecule has 3 heterocycles. The minimum atomic E-state index is -4.80. The van der Waals surface area contributed by atoms with E-state index in [1.165, 1.54) is 19.2 Å². The van der Waals surface area contributed by atoms with Gasteiger partial charge >= 0.3 is 12.1 Å². The van der Waals surface area contributed by atoms with Crippen LogP contribution in [0.2, 0.25) is 0 Å². The van der Waals surface area contributed by atoms with Gasteiger partial charge in [-0.1, -0.05) is 41.6 Å². The number of halogens is 3. The normalized spacial score (nSPS) is 18.3. The van der Waals surface area contributed by atoms with Crippen molar-refractivity contribution in [2.75, 3.05) is 20.2 Å². The van der Waals surface area contributed by atoms with Crippen LogP contribution in [0.3, 0.4) is 0 Å². The number of carboxylic acids is 1. The van der Waals surface area contributed by atoms with Crippen molar-refractivity contribution >= 4 is 5.97 Å². The van der Waals surface area contributed by atoms with Crippen molar-refractivity contribution in [3.05, 3.63) is 66.0 Å². The number of nitrogens with zero attached hydrogens (tertiary/aromatic N) is 4. The van der Waals surface area contributed by atoms with Gasteiger partial charge in [-0.05, 0) is 48.9 Å². The third-order valence-corrected chi connectivity index (χ3v) is 7.27. The van der Waals surface area contributed by atoms with E-state index in [4.69, 9.17) is 9.26 Å². The van der Waals surface area contributed by atoms with Gasteiger partial charge in [-0.25, -0.2) is 4.68 Å². The molecule has 41 heavy (non-hydrogen) atoms. The molecular formula is C28H28F3N5O5. The predicted molar refractivity (Wildman–Crippen MR) is 140 cm³/mol. The van der Waals surface area contributed by atoms with E-state index in [0.717, 1.165) is 23.8 Å². The van der Waals surface area contributed by atoms with E-state index in [2.05, 4.69) is 20.6 Å². The Hall–Kier alpha value is -4.23. The molecule has 10 nitrogen and oxygen atoms in total. The van der Waals surface area contributed by atoms with E-state index in [-0.39, 0.29) is 41.6 Å². The van der Waals surface area contributed by atoms with Crippen molar-refractivity contribution < 1.29 is 37.4 Å². The van der Waals surface area contributed by atoms with E-state index in [0.29, 0.717) is 24.1 Å². The molecule has 5 rings (SSSR count). The fraction of sp³-hybridized carbons (Fsp3) is 0.357. The second-order valence-corrected chi connectivity index (χ2v) is 10.1. The fourth-order valence-electron chi connectivity index (χ4n) is 5.35. The number of aliphatic carboxylic acids is 1. The summed E-state index contributed by atoms with van der Waals surface area (Å²) < 4.78 is 53.8. The number of aromatic nitrogens is 4. The van der Waals surface area contributed by atoms with Crippen LogP contribution in [0.15, 0.2) is 59.3 Å². The van der Waals surface area contributed by atoms with Gasteiger partial charge in [0.15, 0.2) is 5.69 Å². The molecule has 13 heteroatoms. The van der Waals surface area contributed by atoms with Gasteiger partial charge in [0.2, 0.25) is 5.82 Å². The Morgan fingerprint density at radius 3 is 2.63 bits per heavy atom. The number of rotatable bonds is 9. The van der Waals surface area contributed by atoms with Crippen molar-refractivity contribution in [3.8, 4) is 34.3 Å². The molecule has 2 atom stereocenters. The van der Waals surface area contributed by atoms with Crippen LogP contribution in [0.25, 0.3) is 28.5 Å². The number of methoxy groups -OCH3 is 1. The maximum atomic E-state index is 14.2. The van der Waals surface area contributed by atoms with Gasteiger partial charge in [0.25, 0.3) is 5.89 Å². The smallest absolute Gasteiger partial charge is 0.434 e. The third-order valence-electron chi connectivity index (χ3n) is 7.27. The number of hydrogen-bond acceptors (Lipinski definition) is 8. The molecule has 1 aliphatic heterocycles. The summed E-state index contributed by atoms with van der Waals surface area (Å²) in [5.41, 5.74) is -0.917. The molecule has 3 N–H and O–H groups in total.